The number of rotatable bonds is 2. The predicted molar refractivity (Wildman–Crippen MR) is 75.2 cm³/mol. The highest BCUT2D eigenvalue weighted by molar-refractivity contribution is 9.09. The standard InChI is InChI=1S/C14H16BrN3/c1-10-12(7-8-13(10)15)14-9-16-17-18(14)11-5-3-2-4-6-11/h2-6,9-10,12-13H,7-8H2,1H3. The minimum atomic E-state index is 0.546. The fraction of sp³-hybridized carbons (Fsp3) is 0.429. The van der Waals surface area contributed by atoms with Crippen molar-refractivity contribution >= 4 is 15.9 Å². The Kier molecular flexibility index (Phi) is 3.20. The second-order valence-corrected chi connectivity index (χ2v) is 6.14. The molecule has 0 amide bonds. The Bertz CT molecular complexity index is 523. The molecular formula is C14H16BrN3. The van der Waals surface area contributed by atoms with Gasteiger partial charge < -0.3 is 0 Å². The number of para-hydroxylation sites is 1. The first-order valence-electron chi connectivity index (χ1n) is 6.37. The van der Waals surface area contributed by atoms with Crippen LogP contribution in [0, 0.1) is 5.92 Å². The van der Waals surface area contributed by atoms with E-state index in [0.717, 1.165) is 5.69 Å². The maximum atomic E-state index is 4.24. The highest BCUT2D eigenvalue weighted by Gasteiger charge is 2.34. The molecule has 3 unspecified atom stereocenters. The quantitative estimate of drug-likeness (QED) is 0.795. The summed E-state index contributed by atoms with van der Waals surface area (Å²) >= 11 is 3.76. The van der Waals surface area contributed by atoms with Crippen LogP contribution in [0.5, 0.6) is 0 Å². The van der Waals surface area contributed by atoms with Crippen LogP contribution in [0.25, 0.3) is 5.69 Å². The third-order valence-electron chi connectivity index (χ3n) is 3.91. The van der Waals surface area contributed by atoms with Crippen LogP contribution in [0.3, 0.4) is 0 Å². The van der Waals surface area contributed by atoms with Crippen molar-refractivity contribution in [1.82, 2.24) is 15.0 Å². The Labute approximate surface area is 115 Å². The normalized spacial score (nSPS) is 27.6. The molecule has 3 atom stereocenters. The van der Waals surface area contributed by atoms with E-state index in [-0.39, 0.29) is 0 Å². The third-order valence-corrected chi connectivity index (χ3v) is 5.21. The summed E-state index contributed by atoms with van der Waals surface area (Å²) in [6.45, 7) is 2.30. The third kappa shape index (κ3) is 1.99. The molecule has 0 bridgehead atoms. The summed E-state index contributed by atoms with van der Waals surface area (Å²) in [5, 5.41) is 8.34. The van der Waals surface area contributed by atoms with E-state index < -0.39 is 0 Å². The number of nitrogens with zero attached hydrogens (tertiary/aromatic N) is 3. The number of hydrogen-bond acceptors (Lipinski definition) is 2. The zero-order valence-electron chi connectivity index (χ0n) is 10.3. The first-order valence-corrected chi connectivity index (χ1v) is 7.29. The Morgan fingerprint density at radius 1 is 1.22 bits per heavy atom. The topological polar surface area (TPSA) is 30.7 Å². The second-order valence-electron chi connectivity index (χ2n) is 4.97. The molecule has 1 aliphatic rings. The van der Waals surface area contributed by atoms with Gasteiger partial charge in [0.05, 0.1) is 17.6 Å². The van der Waals surface area contributed by atoms with Gasteiger partial charge in [-0.25, -0.2) is 4.68 Å². The lowest BCUT2D eigenvalue weighted by molar-refractivity contribution is 0.518. The van der Waals surface area contributed by atoms with Gasteiger partial charge in [-0.3, -0.25) is 0 Å². The van der Waals surface area contributed by atoms with E-state index in [9.17, 15) is 0 Å². The Hall–Kier alpha value is -1.16. The summed E-state index contributed by atoms with van der Waals surface area (Å²) < 4.78 is 1.98. The van der Waals surface area contributed by atoms with Crippen LogP contribution >= 0.6 is 15.9 Å². The highest BCUT2D eigenvalue weighted by Crippen LogP contribution is 2.42. The SMILES string of the molecule is CC1C(Br)CCC1c1cnnn1-c1ccccc1. The van der Waals surface area contributed by atoms with Crippen LogP contribution in [0.2, 0.25) is 0 Å². The van der Waals surface area contributed by atoms with Gasteiger partial charge >= 0.3 is 0 Å². The summed E-state index contributed by atoms with van der Waals surface area (Å²) in [5.74, 6) is 1.18. The van der Waals surface area contributed by atoms with Crippen molar-refractivity contribution in [3.8, 4) is 5.69 Å². The monoisotopic (exact) mass is 305 g/mol. The predicted octanol–water partition coefficient (Wildman–Crippen LogP) is 3.54. The summed E-state index contributed by atoms with van der Waals surface area (Å²) in [6, 6.07) is 10.2. The van der Waals surface area contributed by atoms with Gasteiger partial charge in [0.15, 0.2) is 0 Å². The van der Waals surface area contributed by atoms with E-state index in [0.29, 0.717) is 16.7 Å². The molecule has 0 N–H and O–H groups in total. The molecule has 0 radical (unpaired) electrons. The molecule has 1 saturated carbocycles. The van der Waals surface area contributed by atoms with E-state index in [1.807, 2.05) is 29.1 Å². The zero-order valence-corrected chi connectivity index (χ0v) is 11.9. The van der Waals surface area contributed by atoms with Gasteiger partial charge in [-0.1, -0.05) is 46.3 Å². The molecule has 3 rings (SSSR count). The lowest BCUT2D eigenvalue weighted by Gasteiger charge is -2.18. The van der Waals surface area contributed by atoms with Crippen molar-refractivity contribution in [3.63, 3.8) is 0 Å². The van der Waals surface area contributed by atoms with Crippen molar-refractivity contribution in [2.24, 2.45) is 5.92 Å². The zero-order chi connectivity index (χ0) is 12.5. The first kappa shape index (κ1) is 11.9. The van der Waals surface area contributed by atoms with Crippen LogP contribution in [-0.4, -0.2) is 19.8 Å². The van der Waals surface area contributed by atoms with Crippen molar-refractivity contribution < 1.29 is 0 Å². The molecule has 94 valence electrons. The van der Waals surface area contributed by atoms with Gasteiger partial charge in [-0.2, -0.15) is 0 Å². The molecule has 2 aromatic rings. The number of alkyl halides is 1. The lowest BCUT2D eigenvalue weighted by Crippen LogP contribution is -2.13. The van der Waals surface area contributed by atoms with Crippen LogP contribution in [0.1, 0.15) is 31.4 Å². The number of benzene rings is 1. The molecule has 0 saturated heterocycles. The van der Waals surface area contributed by atoms with Gasteiger partial charge in [-0.15, -0.1) is 5.10 Å². The van der Waals surface area contributed by atoms with Crippen molar-refractivity contribution in [2.45, 2.75) is 30.5 Å². The van der Waals surface area contributed by atoms with Crippen molar-refractivity contribution in [3.05, 3.63) is 42.2 Å². The highest BCUT2D eigenvalue weighted by atomic mass is 79.9. The molecule has 1 aromatic carbocycles. The van der Waals surface area contributed by atoms with Crippen molar-refractivity contribution in [2.75, 3.05) is 0 Å². The largest absolute Gasteiger partial charge is 0.217 e. The van der Waals surface area contributed by atoms with Gasteiger partial charge in [0.25, 0.3) is 0 Å². The molecule has 1 fully saturated rings. The molecule has 4 heteroatoms. The maximum absolute atomic E-state index is 4.24. The minimum Gasteiger partial charge on any atom is -0.217 e. The number of aromatic nitrogens is 3. The van der Waals surface area contributed by atoms with Gasteiger partial charge in [0, 0.05) is 10.7 Å². The van der Waals surface area contributed by atoms with Crippen LogP contribution in [0.15, 0.2) is 36.5 Å². The van der Waals surface area contributed by atoms with Gasteiger partial charge in [0.2, 0.25) is 0 Å². The summed E-state index contributed by atoms with van der Waals surface area (Å²) in [5.41, 5.74) is 2.32. The van der Waals surface area contributed by atoms with Gasteiger partial charge in [-0.05, 0) is 30.9 Å². The van der Waals surface area contributed by atoms with E-state index in [1.165, 1.54) is 18.5 Å². The second kappa shape index (κ2) is 4.84. The Morgan fingerprint density at radius 2 is 2.00 bits per heavy atom. The number of halogens is 1. The molecule has 3 nitrogen and oxygen atoms in total. The van der Waals surface area contributed by atoms with E-state index in [2.05, 4.69) is 45.3 Å². The molecule has 0 spiro atoms. The average molecular weight is 306 g/mol. The van der Waals surface area contributed by atoms with E-state index in [1.54, 1.807) is 0 Å². The minimum absolute atomic E-state index is 0.546. The molecule has 18 heavy (non-hydrogen) atoms. The average Bonchev–Trinajstić information content (AvgIpc) is 2.99. The first-order chi connectivity index (χ1) is 8.77. The maximum Gasteiger partial charge on any atom is 0.0732 e. The summed E-state index contributed by atoms with van der Waals surface area (Å²) in [6.07, 6.45) is 4.35. The molecule has 1 aromatic heterocycles. The Balaban J connectivity index is 1.98. The lowest BCUT2D eigenvalue weighted by atomic mass is 9.95. The summed E-state index contributed by atoms with van der Waals surface area (Å²) in [4.78, 5) is 0.613. The van der Waals surface area contributed by atoms with Crippen molar-refractivity contribution in [1.29, 1.82) is 0 Å². The number of hydrogen-bond donors (Lipinski definition) is 0. The molecule has 1 heterocycles. The van der Waals surface area contributed by atoms with Crippen LogP contribution in [0.4, 0.5) is 0 Å². The fourth-order valence-corrected chi connectivity index (χ4v) is 3.43. The molecule has 0 aliphatic heterocycles. The van der Waals surface area contributed by atoms with Crippen LogP contribution in [-0.2, 0) is 0 Å². The van der Waals surface area contributed by atoms with E-state index in [4.69, 9.17) is 0 Å². The fourth-order valence-electron chi connectivity index (χ4n) is 2.80. The molecular weight excluding hydrogens is 290 g/mol. The summed E-state index contributed by atoms with van der Waals surface area (Å²) in [7, 11) is 0. The van der Waals surface area contributed by atoms with E-state index >= 15 is 0 Å². The smallest absolute Gasteiger partial charge is 0.0732 e. The van der Waals surface area contributed by atoms with Gasteiger partial charge in [0.1, 0.15) is 0 Å². The Morgan fingerprint density at radius 3 is 2.67 bits per heavy atom. The van der Waals surface area contributed by atoms with Crippen LogP contribution < -0.4 is 0 Å². The molecule has 1 aliphatic carbocycles.